The molecular formula is C25H31N7O3. The predicted molar refractivity (Wildman–Crippen MR) is 136 cm³/mol. The van der Waals surface area contributed by atoms with Crippen LogP contribution in [0, 0.1) is 13.8 Å². The first-order valence-corrected chi connectivity index (χ1v) is 11.3. The predicted octanol–water partition coefficient (Wildman–Crippen LogP) is 3.88. The molecule has 0 atom stereocenters. The van der Waals surface area contributed by atoms with Crippen LogP contribution in [0.2, 0.25) is 0 Å². The van der Waals surface area contributed by atoms with E-state index >= 15 is 0 Å². The summed E-state index contributed by atoms with van der Waals surface area (Å²) in [7, 11) is 1.55. The Morgan fingerprint density at radius 1 is 1.00 bits per heavy atom. The summed E-state index contributed by atoms with van der Waals surface area (Å²) in [5.41, 5.74) is 5.53. The molecule has 10 nitrogen and oxygen atoms in total. The van der Waals surface area contributed by atoms with Crippen molar-refractivity contribution in [2.75, 3.05) is 0 Å². The molecule has 3 rings (SSSR count). The fourth-order valence-electron chi connectivity index (χ4n) is 3.17. The molecule has 0 bridgehead atoms. The molecule has 0 radical (unpaired) electrons. The average molecular weight is 478 g/mol. The maximum atomic E-state index is 12.3. The maximum absolute atomic E-state index is 12.3. The molecule has 0 spiro atoms. The van der Waals surface area contributed by atoms with Gasteiger partial charge in [-0.2, -0.15) is 14.5 Å². The Kier molecular flexibility index (Phi) is 8.66. The van der Waals surface area contributed by atoms with Gasteiger partial charge in [0.1, 0.15) is 13.2 Å². The van der Waals surface area contributed by atoms with Crippen molar-refractivity contribution in [3.63, 3.8) is 0 Å². The highest BCUT2D eigenvalue weighted by atomic mass is 16.6. The van der Waals surface area contributed by atoms with Crippen LogP contribution in [-0.4, -0.2) is 37.1 Å². The van der Waals surface area contributed by atoms with Crippen LogP contribution in [0.5, 0.6) is 0 Å². The van der Waals surface area contributed by atoms with Gasteiger partial charge in [0, 0.05) is 19.0 Å². The standard InChI is InChI=1S/C25H31N7O3/c1-7-24(27-26-19(4)20(5)28-35-15-21-12-8-10-17(2)14-21)34-16-22-18(3)11-9-13-23(22)32-25(33)31(6)29-30-32/h8-14H,7,15-16H2,1-6H3/b26-19-,27-24-,28-20-. The number of aromatic nitrogens is 4. The Morgan fingerprint density at radius 3 is 2.46 bits per heavy atom. The fraction of sp³-hybridized carbons (Fsp3) is 0.360. The number of ether oxygens (including phenoxy) is 1. The van der Waals surface area contributed by atoms with Crippen LogP contribution in [-0.2, 0) is 29.8 Å². The first-order valence-electron chi connectivity index (χ1n) is 11.3. The Balaban J connectivity index is 1.68. The first-order chi connectivity index (χ1) is 16.8. The molecule has 0 saturated carbocycles. The summed E-state index contributed by atoms with van der Waals surface area (Å²) >= 11 is 0. The molecule has 2 aromatic carbocycles. The summed E-state index contributed by atoms with van der Waals surface area (Å²) < 4.78 is 8.38. The SMILES string of the molecule is CC/C(=N/N=C(C)\C(C)=N/OCc1cccc(C)c1)OCc1c(C)cccc1-n1nnn(C)c1=O. The van der Waals surface area contributed by atoms with Crippen LogP contribution in [0.4, 0.5) is 0 Å². The normalized spacial score (nSPS) is 12.7. The Labute approximate surface area is 204 Å². The number of aryl methyl sites for hydroxylation is 3. The van der Waals surface area contributed by atoms with Crippen molar-refractivity contribution in [3.8, 4) is 5.69 Å². The third-order valence-corrected chi connectivity index (χ3v) is 5.37. The molecule has 0 aliphatic heterocycles. The van der Waals surface area contributed by atoms with Crippen LogP contribution in [0.1, 0.15) is 49.4 Å². The lowest BCUT2D eigenvalue weighted by atomic mass is 10.1. The minimum atomic E-state index is -0.333. The average Bonchev–Trinajstić information content (AvgIpc) is 3.17. The Bertz CT molecular complexity index is 1320. The largest absolute Gasteiger partial charge is 0.475 e. The van der Waals surface area contributed by atoms with Crippen molar-refractivity contribution >= 4 is 17.3 Å². The lowest BCUT2D eigenvalue weighted by Crippen LogP contribution is -2.23. The number of oxime groups is 1. The van der Waals surface area contributed by atoms with Gasteiger partial charge in [0.25, 0.3) is 0 Å². The summed E-state index contributed by atoms with van der Waals surface area (Å²) in [4.78, 5) is 17.8. The van der Waals surface area contributed by atoms with E-state index in [9.17, 15) is 4.79 Å². The maximum Gasteiger partial charge on any atom is 0.368 e. The Hall–Kier alpha value is -4.08. The third-order valence-electron chi connectivity index (χ3n) is 5.37. The lowest BCUT2D eigenvalue weighted by molar-refractivity contribution is 0.131. The van der Waals surface area contributed by atoms with Gasteiger partial charge in [-0.15, -0.1) is 5.10 Å². The van der Waals surface area contributed by atoms with Crippen molar-refractivity contribution in [1.82, 2.24) is 19.8 Å². The van der Waals surface area contributed by atoms with Gasteiger partial charge < -0.3 is 9.57 Å². The molecular weight excluding hydrogens is 446 g/mol. The highest BCUT2D eigenvalue weighted by Gasteiger charge is 2.14. The zero-order valence-electron chi connectivity index (χ0n) is 21.0. The molecule has 0 fully saturated rings. The third kappa shape index (κ3) is 6.72. The van der Waals surface area contributed by atoms with Gasteiger partial charge in [-0.3, -0.25) is 0 Å². The van der Waals surface area contributed by atoms with E-state index in [0.717, 1.165) is 16.7 Å². The van der Waals surface area contributed by atoms with Crippen LogP contribution < -0.4 is 5.69 Å². The molecule has 0 amide bonds. The summed E-state index contributed by atoms with van der Waals surface area (Å²) in [5.74, 6) is 0.457. The second kappa shape index (κ2) is 11.9. The zero-order valence-corrected chi connectivity index (χ0v) is 21.0. The van der Waals surface area contributed by atoms with E-state index in [2.05, 4.69) is 31.9 Å². The van der Waals surface area contributed by atoms with Gasteiger partial charge >= 0.3 is 5.69 Å². The van der Waals surface area contributed by atoms with E-state index in [1.807, 2.05) is 71.0 Å². The molecule has 1 heterocycles. The number of benzene rings is 2. The van der Waals surface area contributed by atoms with E-state index in [0.29, 0.717) is 36.0 Å². The summed E-state index contributed by atoms with van der Waals surface area (Å²) in [6.07, 6.45) is 0.545. The number of tetrazole rings is 1. The van der Waals surface area contributed by atoms with Crippen molar-refractivity contribution in [2.24, 2.45) is 22.4 Å². The van der Waals surface area contributed by atoms with Crippen molar-refractivity contribution in [2.45, 2.75) is 54.3 Å². The van der Waals surface area contributed by atoms with E-state index in [-0.39, 0.29) is 12.3 Å². The molecule has 0 N–H and O–H groups in total. The summed E-state index contributed by atoms with van der Waals surface area (Å²) in [5, 5.41) is 20.4. The second-order valence-electron chi connectivity index (χ2n) is 8.13. The summed E-state index contributed by atoms with van der Waals surface area (Å²) in [6, 6.07) is 13.7. The van der Waals surface area contributed by atoms with Crippen LogP contribution >= 0.6 is 0 Å². The van der Waals surface area contributed by atoms with Gasteiger partial charge in [-0.1, -0.05) is 54.0 Å². The van der Waals surface area contributed by atoms with Gasteiger partial charge in [0.2, 0.25) is 5.90 Å². The van der Waals surface area contributed by atoms with E-state index in [1.54, 1.807) is 7.05 Å². The van der Waals surface area contributed by atoms with Crippen molar-refractivity contribution < 1.29 is 9.57 Å². The van der Waals surface area contributed by atoms with Crippen molar-refractivity contribution in [1.29, 1.82) is 0 Å². The minimum absolute atomic E-state index is 0.207. The molecule has 1 aromatic heterocycles. The molecule has 0 aliphatic rings. The summed E-state index contributed by atoms with van der Waals surface area (Å²) in [6.45, 7) is 10.1. The van der Waals surface area contributed by atoms with Gasteiger partial charge in [-0.25, -0.2) is 4.79 Å². The molecule has 0 saturated heterocycles. The first kappa shape index (κ1) is 25.5. The molecule has 0 unspecified atom stereocenters. The number of hydrogen-bond donors (Lipinski definition) is 0. The van der Waals surface area contributed by atoms with Gasteiger partial charge in [-0.05, 0) is 55.3 Å². The monoisotopic (exact) mass is 477 g/mol. The van der Waals surface area contributed by atoms with Crippen LogP contribution in [0.25, 0.3) is 5.69 Å². The van der Waals surface area contributed by atoms with E-state index in [1.165, 1.54) is 14.9 Å². The highest BCUT2D eigenvalue weighted by molar-refractivity contribution is 6.40. The number of nitrogens with zero attached hydrogens (tertiary/aromatic N) is 7. The van der Waals surface area contributed by atoms with Crippen LogP contribution in [0.15, 0.2) is 62.6 Å². The van der Waals surface area contributed by atoms with Gasteiger partial charge in [0.15, 0.2) is 0 Å². The number of rotatable bonds is 9. The van der Waals surface area contributed by atoms with E-state index < -0.39 is 0 Å². The zero-order chi connectivity index (χ0) is 25.4. The Morgan fingerprint density at radius 2 is 1.77 bits per heavy atom. The van der Waals surface area contributed by atoms with E-state index in [4.69, 9.17) is 9.57 Å². The fourth-order valence-corrected chi connectivity index (χ4v) is 3.17. The number of hydrogen-bond acceptors (Lipinski definition) is 8. The second-order valence-corrected chi connectivity index (χ2v) is 8.13. The van der Waals surface area contributed by atoms with Crippen molar-refractivity contribution in [3.05, 3.63) is 75.2 Å². The molecule has 3 aromatic rings. The quantitative estimate of drug-likeness (QED) is 0.264. The minimum Gasteiger partial charge on any atom is -0.475 e. The lowest BCUT2D eigenvalue weighted by Gasteiger charge is -2.13. The van der Waals surface area contributed by atoms with Crippen LogP contribution in [0.3, 0.4) is 0 Å². The molecule has 0 aliphatic carbocycles. The molecule has 35 heavy (non-hydrogen) atoms. The van der Waals surface area contributed by atoms with Gasteiger partial charge in [0.05, 0.1) is 17.1 Å². The smallest absolute Gasteiger partial charge is 0.368 e. The molecule has 10 heteroatoms. The highest BCUT2D eigenvalue weighted by Crippen LogP contribution is 2.18. The topological polar surface area (TPSA) is 108 Å². The molecule has 184 valence electrons.